The lowest BCUT2D eigenvalue weighted by Gasteiger charge is -2.58. The number of aliphatic hydroxyl groups excluding tert-OH is 1. The third-order valence-electron chi connectivity index (χ3n) is 10.6. The Morgan fingerprint density at radius 3 is 2.50 bits per heavy atom. The fraction of sp³-hybridized carbons (Fsp3) is 0.926. The lowest BCUT2D eigenvalue weighted by atomic mass is 9.47. The van der Waals surface area contributed by atoms with Crippen LogP contribution >= 0.6 is 0 Å². The van der Waals surface area contributed by atoms with Gasteiger partial charge < -0.3 is 5.11 Å². The van der Waals surface area contributed by atoms with Crippen LogP contribution in [-0.4, -0.2) is 17.1 Å². The standard InChI is InChI=1S/C27H44F2O/c1-17(2)27(28,29)15-10-18(3)22-8-9-23-21-7-6-19-16-20(30)11-13-25(19,4)24(21)12-14-26(22,23)5/h6,17-18,20-24,30H,7-16H2,1-5H3/t18-,20+,21+,22-,23+,24+,25+,26-/m1/s1. The maximum absolute atomic E-state index is 14.2. The largest absolute Gasteiger partial charge is 0.393 e. The minimum absolute atomic E-state index is 0.0433. The molecule has 4 aliphatic rings. The average Bonchev–Trinajstić information content (AvgIpc) is 3.04. The minimum Gasteiger partial charge on any atom is -0.393 e. The van der Waals surface area contributed by atoms with Crippen molar-refractivity contribution in [1.29, 1.82) is 0 Å². The predicted molar refractivity (Wildman–Crippen MR) is 119 cm³/mol. The van der Waals surface area contributed by atoms with Crippen LogP contribution in [0.4, 0.5) is 8.78 Å². The minimum atomic E-state index is -2.53. The summed E-state index contributed by atoms with van der Waals surface area (Å²) >= 11 is 0. The summed E-state index contributed by atoms with van der Waals surface area (Å²) in [5.41, 5.74) is 2.14. The lowest BCUT2D eigenvalue weighted by molar-refractivity contribution is -0.0709. The van der Waals surface area contributed by atoms with Gasteiger partial charge in [-0.25, -0.2) is 8.78 Å². The molecule has 0 aromatic carbocycles. The molecule has 0 heterocycles. The summed E-state index contributed by atoms with van der Waals surface area (Å²) in [5.74, 6) is 0.134. The van der Waals surface area contributed by atoms with E-state index in [-0.39, 0.29) is 17.9 Å². The van der Waals surface area contributed by atoms with Gasteiger partial charge >= 0.3 is 0 Å². The first-order valence-electron chi connectivity index (χ1n) is 12.7. The third kappa shape index (κ3) is 3.59. The van der Waals surface area contributed by atoms with E-state index in [0.717, 1.165) is 37.0 Å². The fourth-order valence-electron chi connectivity index (χ4n) is 8.53. The highest BCUT2D eigenvalue weighted by molar-refractivity contribution is 5.25. The Labute approximate surface area is 183 Å². The molecule has 0 aliphatic heterocycles. The van der Waals surface area contributed by atoms with Gasteiger partial charge in [0.05, 0.1) is 6.10 Å². The van der Waals surface area contributed by atoms with Gasteiger partial charge in [-0.15, -0.1) is 0 Å². The maximum Gasteiger partial charge on any atom is 0.250 e. The summed E-state index contributed by atoms with van der Waals surface area (Å²) in [7, 11) is 0. The number of aliphatic hydroxyl groups is 1. The van der Waals surface area contributed by atoms with E-state index in [4.69, 9.17) is 0 Å². The van der Waals surface area contributed by atoms with Gasteiger partial charge in [0.25, 0.3) is 0 Å². The second-order valence-electron chi connectivity index (χ2n) is 12.3. The van der Waals surface area contributed by atoms with Crippen molar-refractivity contribution in [3.05, 3.63) is 11.6 Å². The van der Waals surface area contributed by atoms with Gasteiger partial charge in [-0.2, -0.15) is 0 Å². The van der Waals surface area contributed by atoms with E-state index in [1.165, 1.54) is 37.7 Å². The first kappa shape index (κ1) is 22.7. The topological polar surface area (TPSA) is 20.2 Å². The van der Waals surface area contributed by atoms with Crippen molar-refractivity contribution in [1.82, 2.24) is 0 Å². The molecule has 8 atom stereocenters. The molecule has 30 heavy (non-hydrogen) atoms. The van der Waals surface area contributed by atoms with Crippen LogP contribution in [0, 0.1) is 46.3 Å². The molecule has 4 rings (SSSR count). The smallest absolute Gasteiger partial charge is 0.250 e. The predicted octanol–water partition coefficient (Wildman–Crippen LogP) is 7.63. The number of hydrogen-bond acceptors (Lipinski definition) is 1. The van der Waals surface area contributed by atoms with Crippen molar-refractivity contribution in [3.63, 3.8) is 0 Å². The quantitative estimate of drug-likeness (QED) is 0.451. The zero-order valence-corrected chi connectivity index (χ0v) is 19.9. The summed E-state index contributed by atoms with van der Waals surface area (Å²) in [6.07, 6.45) is 12.3. The van der Waals surface area contributed by atoms with Gasteiger partial charge in [0.1, 0.15) is 0 Å². The van der Waals surface area contributed by atoms with Crippen molar-refractivity contribution in [3.8, 4) is 0 Å². The third-order valence-corrected chi connectivity index (χ3v) is 10.6. The summed E-state index contributed by atoms with van der Waals surface area (Å²) in [6.45, 7) is 10.5. The SMILES string of the molecule is CC(C)C(F)(F)CC[C@@H](C)[C@H]1CC[C@H]2[C@@H]3CC=C4C[C@@H](O)CC[C@]4(C)[C@H]3CC[C@]12C. The number of hydrogen-bond donors (Lipinski definition) is 1. The summed E-state index contributed by atoms with van der Waals surface area (Å²) < 4.78 is 28.5. The Kier molecular flexibility index (Phi) is 5.95. The monoisotopic (exact) mass is 422 g/mol. The number of alkyl halides is 2. The zero-order chi connectivity index (χ0) is 21.9. The Morgan fingerprint density at radius 1 is 1.07 bits per heavy atom. The van der Waals surface area contributed by atoms with Crippen LogP contribution in [0.25, 0.3) is 0 Å². The number of rotatable bonds is 5. The molecule has 172 valence electrons. The highest BCUT2D eigenvalue weighted by Gasteiger charge is 2.59. The molecule has 0 amide bonds. The average molecular weight is 423 g/mol. The van der Waals surface area contributed by atoms with Crippen LogP contribution in [-0.2, 0) is 0 Å². The molecule has 0 saturated heterocycles. The molecule has 3 heteroatoms. The van der Waals surface area contributed by atoms with Gasteiger partial charge in [-0.05, 0) is 98.2 Å². The summed E-state index contributed by atoms with van der Waals surface area (Å²) in [6, 6.07) is 0. The number of fused-ring (bicyclic) bond motifs is 5. The summed E-state index contributed by atoms with van der Waals surface area (Å²) in [4.78, 5) is 0. The molecule has 0 spiro atoms. The Morgan fingerprint density at radius 2 is 1.80 bits per heavy atom. The van der Waals surface area contributed by atoms with Crippen LogP contribution < -0.4 is 0 Å². The van der Waals surface area contributed by atoms with E-state index >= 15 is 0 Å². The van der Waals surface area contributed by atoms with Crippen molar-refractivity contribution in [2.75, 3.05) is 0 Å². The zero-order valence-electron chi connectivity index (χ0n) is 19.9. The van der Waals surface area contributed by atoms with Crippen LogP contribution in [0.2, 0.25) is 0 Å². The van der Waals surface area contributed by atoms with Gasteiger partial charge in [-0.1, -0.05) is 46.3 Å². The Balaban J connectivity index is 1.49. The second kappa shape index (κ2) is 7.85. The van der Waals surface area contributed by atoms with Crippen LogP contribution in [0.15, 0.2) is 11.6 Å². The summed E-state index contributed by atoms with van der Waals surface area (Å²) in [5, 5.41) is 10.2. The molecule has 0 unspecified atom stereocenters. The van der Waals surface area contributed by atoms with Crippen molar-refractivity contribution < 1.29 is 13.9 Å². The van der Waals surface area contributed by atoms with E-state index in [1.807, 2.05) is 0 Å². The molecule has 4 aliphatic carbocycles. The van der Waals surface area contributed by atoms with Gasteiger partial charge in [0.15, 0.2) is 0 Å². The Hall–Kier alpha value is -0.440. The van der Waals surface area contributed by atoms with Crippen LogP contribution in [0.3, 0.4) is 0 Å². The lowest BCUT2D eigenvalue weighted by Crippen LogP contribution is -2.50. The molecule has 0 bridgehead atoms. The first-order chi connectivity index (χ1) is 14.0. The molecular formula is C27H44F2O. The van der Waals surface area contributed by atoms with Crippen molar-refractivity contribution in [2.45, 2.75) is 111 Å². The molecule has 0 radical (unpaired) electrons. The van der Waals surface area contributed by atoms with E-state index in [2.05, 4.69) is 26.8 Å². The normalized spacial score (nSPS) is 44.8. The van der Waals surface area contributed by atoms with Gasteiger partial charge in [0.2, 0.25) is 5.92 Å². The number of allylic oxidation sites excluding steroid dienone is 1. The van der Waals surface area contributed by atoms with Gasteiger partial charge in [-0.3, -0.25) is 0 Å². The van der Waals surface area contributed by atoms with E-state index in [9.17, 15) is 13.9 Å². The fourth-order valence-corrected chi connectivity index (χ4v) is 8.53. The van der Waals surface area contributed by atoms with E-state index < -0.39 is 11.8 Å². The van der Waals surface area contributed by atoms with E-state index in [1.54, 1.807) is 13.8 Å². The van der Waals surface area contributed by atoms with Crippen LogP contribution in [0.1, 0.15) is 98.8 Å². The maximum atomic E-state index is 14.2. The highest BCUT2D eigenvalue weighted by atomic mass is 19.3. The molecule has 1 nitrogen and oxygen atoms in total. The molecule has 3 saturated carbocycles. The van der Waals surface area contributed by atoms with Crippen LogP contribution in [0.5, 0.6) is 0 Å². The molecule has 3 fully saturated rings. The molecule has 1 N–H and O–H groups in total. The molecular weight excluding hydrogens is 378 g/mol. The Bertz CT molecular complexity index is 670. The van der Waals surface area contributed by atoms with Crippen molar-refractivity contribution >= 4 is 0 Å². The van der Waals surface area contributed by atoms with Crippen molar-refractivity contribution in [2.24, 2.45) is 46.3 Å². The van der Waals surface area contributed by atoms with Gasteiger partial charge in [0, 0.05) is 12.3 Å². The number of halogens is 2. The highest BCUT2D eigenvalue weighted by Crippen LogP contribution is 2.67. The molecule has 0 aromatic rings. The first-order valence-corrected chi connectivity index (χ1v) is 12.7. The molecule has 0 aromatic heterocycles. The van der Waals surface area contributed by atoms with E-state index in [0.29, 0.717) is 23.7 Å². The second-order valence-corrected chi connectivity index (χ2v) is 12.3.